The number of thioether (sulfide) groups is 2. The van der Waals surface area contributed by atoms with Crippen LogP contribution in [-0.2, 0) is 16.0 Å². The Morgan fingerprint density at radius 1 is 0.508 bits per heavy atom. The fraction of sp³-hybridized carbons (Fsp3) is 0.106. The number of amides is 2. The lowest BCUT2D eigenvalue weighted by Crippen LogP contribution is -2.27. The molecular weight excluding hydrogens is 797 g/mol. The number of hydrogen-bond donors (Lipinski definition) is 0. The average molecular weight is 831 g/mol. The molecule has 6 aromatic rings. The molecule has 2 saturated heterocycles. The van der Waals surface area contributed by atoms with Crippen LogP contribution in [0, 0.1) is 23.3 Å². The van der Waals surface area contributed by atoms with Crippen LogP contribution < -0.4 is 19.3 Å². The summed E-state index contributed by atoms with van der Waals surface area (Å²) >= 11 is 2.63. The number of ether oxygens (including phenoxy) is 2. The number of benzene rings is 6. The van der Waals surface area contributed by atoms with E-state index in [2.05, 4.69) is 0 Å². The summed E-state index contributed by atoms with van der Waals surface area (Å²) in [5.41, 5.74) is 5.48. The number of methoxy groups -OCH3 is 2. The van der Waals surface area contributed by atoms with Gasteiger partial charge in [-0.1, -0.05) is 59.9 Å². The molecular formula is C47H34F4N2O4S2. The molecule has 2 fully saturated rings. The Bertz CT molecular complexity index is 2420. The third-order valence-electron chi connectivity index (χ3n) is 9.88. The van der Waals surface area contributed by atoms with Crippen LogP contribution in [0.5, 0.6) is 11.5 Å². The van der Waals surface area contributed by atoms with Crippen LogP contribution in [0.2, 0.25) is 0 Å². The molecule has 8 rings (SSSR count). The van der Waals surface area contributed by atoms with Gasteiger partial charge in [-0.2, -0.15) is 0 Å². The van der Waals surface area contributed by atoms with Crippen molar-refractivity contribution < 1.29 is 36.6 Å². The SMILES string of the molecule is COc1ccc(Cc2ccc(OC)c(C3S/C(=C\c4ccc(F)cc4)C(=O)N3c3ccc(F)cc3)c2)cc1C1S/C(=C\c2ccc(F)cc2)C(=O)N1c1ccc(F)cc1. The number of anilines is 2. The van der Waals surface area contributed by atoms with Crippen molar-refractivity contribution in [1.29, 1.82) is 0 Å². The van der Waals surface area contributed by atoms with Crippen molar-refractivity contribution in [2.45, 2.75) is 17.2 Å². The van der Waals surface area contributed by atoms with E-state index in [-0.39, 0.29) is 11.8 Å². The zero-order chi connectivity index (χ0) is 41.2. The summed E-state index contributed by atoms with van der Waals surface area (Å²) in [6, 6.07) is 34.6. The molecule has 12 heteroatoms. The van der Waals surface area contributed by atoms with Gasteiger partial charge in [0.25, 0.3) is 11.8 Å². The molecule has 59 heavy (non-hydrogen) atoms. The first kappa shape index (κ1) is 39.6. The van der Waals surface area contributed by atoms with Gasteiger partial charge in [-0.3, -0.25) is 19.4 Å². The summed E-state index contributed by atoms with van der Waals surface area (Å²) < 4.78 is 67.3. The zero-order valence-corrected chi connectivity index (χ0v) is 33.2. The van der Waals surface area contributed by atoms with Crippen molar-refractivity contribution >= 4 is 58.9 Å². The Morgan fingerprint density at radius 2 is 0.847 bits per heavy atom. The summed E-state index contributed by atoms with van der Waals surface area (Å²) in [4.78, 5) is 32.2. The number of carbonyl (C=O) groups is 2. The third kappa shape index (κ3) is 8.37. The third-order valence-corrected chi connectivity index (χ3v) is 12.3. The number of hydrogen-bond acceptors (Lipinski definition) is 6. The highest BCUT2D eigenvalue weighted by Crippen LogP contribution is 2.52. The second-order valence-corrected chi connectivity index (χ2v) is 15.9. The molecule has 0 aromatic heterocycles. The molecule has 2 unspecified atom stereocenters. The van der Waals surface area contributed by atoms with Crippen molar-refractivity contribution in [2.24, 2.45) is 0 Å². The van der Waals surface area contributed by atoms with Crippen LogP contribution in [0.25, 0.3) is 12.2 Å². The molecule has 0 aliphatic carbocycles. The average Bonchev–Trinajstić information content (AvgIpc) is 3.74. The van der Waals surface area contributed by atoms with Gasteiger partial charge < -0.3 is 9.47 Å². The monoisotopic (exact) mass is 830 g/mol. The first-order valence-electron chi connectivity index (χ1n) is 18.4. The zero-order valence-electron chi connectivity index (χ0n) is 31.6. The first-order chi connectivity index (χ1) is 28.6. The van der Waals surface area contributed by atoms with Gasteiger partial charge in [0, 0.05) is 22.5 Å². The van der Waals surface area contributed by atoms with Crippen molar-refractivity contribution in [3.05, 3.63) is 200 Å². The van der Waals surface area contributed by atoms with Gasteiger partial charge in [-0.15, -0.1) is 0 Å². The van der Waals surface area contributed by atoms with E-state index in [1.807, 2.05) is 36.4 Å². The maximum absolute atomic E-state index is 14.1. The second kappa shape index (κ2) is 16.9. The topological polar surface area (TPSA) is 59.1 Å². The Hall–Kier alpha value is -6.24. The van der Waals surface area contributed by atoms with Crippen molar-refractivity contribution in [1.82, 2.24) is 0 Å². The minimum Gasteiger partial charge on any atom is -0.496 e. The summed E-state index contributed by atoms with van der Waals surface area (Å²) in [5.74, 6) is -1.17. The minimum atomic E-state index is -0.600. The lowest BCUT2D eigenvalue weighted by Gasteiger charge is -2.26. The van der Waals surface area contributed by atoms with Crippen LogP contribution in [0.3, 0.4) is 0 Å². The molecule has 0 bridgehead atoms. The second-order valence-electron chi connectivity index (χ2n) is 13.7. The lowest BCUT2D eigenvalue weighted by molar-refractivity contribution is -0.115. The van der Waals surface area contributed by atoms with E-state index in [9.17, 15) is 27.2 Å². The lowest BCUT2D eigenvalue weighted by atomic mass is 9.99. The van der Waals surface area contributed by atoms with Crippen molar-refractivity contribution in [3.8, 4) is 11.5 Å². The van der Waals surface area contributed by atoms with E-state index in [4.69, 9.17) is 9.47 Å². The molecule has 0 spiro atoms. The fourth-order valence-electron chi connectivity index (χ4n) is 7.03. The Balaban J connectivity index is 1.16. The highest BCUT2D eigenvalue weighted by Gasteiger charge is 2.41. The number of rotatable bonds is 10. The number of halogens is 4. The van der Waals surface area contributed by atoms with Gasteiger partial charge in [0.1, 0.15) is 45.5 Å². The molecule has 6 nitrogen and oxygen atoms in total. The van der Waals surface area contributed by atoms with E-state index in [1.54, 1.807) is 84.7 Å². The van der Waals surface area contributed by atoms with Gasteiger partial charge >= 0.3 is 0 Å². The Morgan fingerprint density at radius 3 is 1.19 bits per heavy atom. The van der Waals surface area contributed by atoms with Crippen LogP contribution in [0.4, 0.5) is 28.9 Å². The van der Waals surface area contributed by atoms with E-state index >= 15 is 0 Å². The molecule has 2 heterocycles. The molecule has 0 saturated carbocycles. The van der Waals surface area contributed by atoms with Gasteiger partial charge in [-0.25, -0.2) is 17.6 Å². The summed E-state index contributed by atoms with van der Waals surface area (Å²) in [6.45, 7) is 0. The quantitative estimate of drug-likeness (QED) is 0.101. The molecule has 0 radical (unpaired) electrons. The van der Waals surface area contributed by atoms with E-state index in [0.29, 0.717) is 61.4 Å². The molecule has 6 aromatic carbocycles. The fourth-order valence-corrected chi connectivity index (χ4v) is 9.59. The van der Waals surface area contributed by atoms with Gasteiger partial charge in [0.2, 0.25) is 0 Å². The normalized spacial score (nSPS) is 18.0. The molecule has 2 aliphatic heterocycles. The highest BCUT2D eigenvalue weighted by atomic mass is 32.2. The van der Waals surface area contributed by atoms with E-state index in [0.717, 1.165) is 11.1 Å². The molecule has 2 atom stereocenters. The van der Waals surface area contributed by atoms with Crippen LogP contribution in [0.1, 0.15) is 44.1 Å². The highest BCUT2D eigenvalue weighted by molar-refractivity contribution is 8.05. The van der Waals surface area contributed by atoms with Crippen molar-refractivity contribution in [3.63, 3.8) is 0 Å². The predicted molar refractivity (Wildman–Crippen MR) is 226 cm³/mol. The molecule has 2 aliphatic rings. The minimum absolute atomic E-state index is 0.301. The van der Waals surface area contributed by atoms with Crippen LogP contribution in [0.15, 0.2) is 143 Å². The smallest absolute Gasteiger partial charge is 0.266 e. The maximum atomic E-state index is 14.1. The van der Waals surface area contributed by atoms with Gasteiger partial charge in [0.05, 0.1) is 24.0 Å². The summed E-state index contributed by atoms with van der Waals surface area (Å²) in [5, 5.41) is -1.20. The van der Waals surface area contributed by atoms with E-state index in [1.165, 1.54) is 72.1 Å². The molecule has 2 amide bonds. The first-order valence-corrected chi connectivity index (χ1v) is 20.1. The standard InChI is InChI=1S/C47H34F4N2O4S2/c1-56-40-21-7-30(24-38(40)46-52(36-17-13-34(50)14-18-36)44(54)42(58-46)26-28-3-9-32(48)10-4-28)23-31-8-22-41(57-2)39(25-31)47-53(37-19-15-35(51)16-20-37)45(55)43(59-47)27-29-5-11-33(49)12-6-29/h3-22,24-27,46-47H,23H2,1-2H3/b42-26-,43-27-. The summed E-state index contributed by atoms with van der Waals surface area (Å²) in [6.07, 6.45) is 3.85. The summed E-state index contributed by atoms with van der Waals surface area (Å²) in [7, 11) is 3.11. The number of carbonyl (C=O) groups excluding carboxylic acids is 2. The molecule has 0 N–H and O–H groups in total. The van der Waals surface area contributed by atoms with Crippen LogP contribution >= 0.6 is 23.5 Å². The van der Waals surface area contributed by atoms with Gasteiger partial charge in [0.15, 0.2) is 0 Å². The van der Waals surface area contributed by atoms with Crippen molar-refractivity contribution in [2.75, 3.05) is 24.0 Å². The van der Waals surface area contributed by atoms with E-state index < -0.39 is 34.0 Å². The largest absolute Gasteiger partial charge is 0.496 e. The number of nitrogens with zero attached hydrogens (tertiary/aromatic N) is 2. The Labute approximate surface area is 346 Å². The van der Waals surface area contributed by atoms with Crippen LogP contribution in [-0.4, -0.2) is 26.0 Å². The van der Waals surface area contributed by atoms with Gasteiger partial charge in [-0.05, 0) is 138 Å². The Kier molecular flexibility index (Phi) is 11.4. The molecule has 296 valence electrons. The maximum Gasteiger partial charge on any atom is 0.266 e. The predicted octanol–water partition coefficient (Wildman–Crippen LogP) is 11.5.